The lowest BCUT2D eigenvalue weighted by Crippen LogP contribution is -2.56. The molecule has 0 unspecified atom stereocenters. The maximum atomic E-state index is 12.6. The molecule has 7 nitrogen and oxygen atoms in total. The van der Waals surface area contributed by atoms with E-state index in [0.29, 0.717) is 38.1 Å². The molecule has 3 N–H and O–H groups in total. The lowest BCUT2D eigenvalue weighted by atomic mass is 9.73. The molecule has 1 fully saturated rings. The van der Waals surface area contributed by atoms with E-state index in [0.717, 1.165) is 5.56 Å². The molecule has 1 aromatic heterocycles. The molecule has 1 amide bonds. The Morgan fingerprint density at radius 3 is 2.77 bits per heavy atom. The van der Waals surface area contributed by atoms with Crippen LogP contribution in [0.3, 0.4) is 0 Å². The van der Waals surface area contributed by atoms with E-state index in [9.17, 15) is 19.8 Å². The van der Waals surface area contributed by atoms with Crippen molar-refractivity contribution in [3.05, 3.63) is 58.1 Å². The van der Waals surface area contributed by atoms with Gasteiger partial charge in [0.05, 0.1) is 12.7 Å². The van der Waals surface area contributed by atoms with Crippen molar-refractivity contribution in [1.29, 1.82) is 0 Å². The molecule has 2 aromatic rings. The van der Waals surface area contributed by atoms with Crippen molar-refractivity contribution in [2.45, 2.75) is 31.8 Å². The van der Waals surface area contributed by atoms with Crippen LogP contribution in [0.1, 0.15) is 24.2 Å². The summed E-state index contributed by atoms with van der Waals surface area (Å²) >= 11 is 0. The first-order valence-electron chi connectivity index (χ1n) is 8.80. The number of hydrogen-bond donors (Lipinski definition) is 3. The number of likely N-dealkylation sites (tertiary alicyclic amines) is 1. The van der Waals surface area contributed by atoms with Gasteiger partial charge in [0.1, 0.15) is 5.76 Å². The summed E-state index contributed by atoms with van der Waals surface area (Å²) in [5, 5.41) is 22.8. The topological polar surface area (TPSA) is 107 Å². The number of nitrogens with one attached hydrogen (secondary N) is 1. The molecule has 0 bridgehead atoms. The molecule has 2 heterocycles. The molecule has 0 spiro atoms. The first kappa shape index (κ1) is 18.4. The number of aliphatic hydroxyl groups excluding tert-OH is 2. The zero-order valence-corrected chi connectivity index (χ0v) is 14.6. The molecular formula is C19H24N2O5. The average molecular weight is 360 g/mol. The van der Waals surface area contributed by atoms with Crippen LogP contribution in [0.15, 0.2) is 45.7 Å². The summed E-state index contributed by atoms with van der Waals surface area (Å²) in [4.78, 5) is 25.3. The molecule has 2 atom stereocenters. The fraction of sp³-hybridized carbons (Fsp3) is 0.474. The number of aromatic amines is 1. The molecule has 1 aromatic carbocycles. The number of carbonyl (C=O) groups is 1. The van der Waals surface area contributed by atoms with Gasteiger partial charge in [0.25, 0.3) is 5.56 Å². The third kappa shape index (κ3) is 4.05. The molecule has 3 rings (SSSR count). The maximum absolute atomic E-state index is 12.6. The van der Waals surface area contributed by atoms with Gasteiger partial charge in [-0.2, -0.15) is 5.16 Å². The second-order valence-electron chi connectivity index (χ2n) is 6.98. The number of piperidine rings is 1. The SMILES string of the molecule is O=C(CCc1cc(=O)[nH]o1)N1CC[C@@H](O)[C@@](CO)(Cc2ccccc2)C1. The van der Waals surface area contributed by atoms with Crippen molar-refractivity contribution in [2.24, 2.45) is 5.41 Å². The van der Waals surface area contributed by atoms with Crippen LogP contribution in [0.5, 0.6) is 0 Å². The van der Waals surface area contributed by atoms with E-state index < -0.39 is 11.5 Å². The second kappa shape index (κ2) is 7.88. The van der Waals surface area contributed by atoms with E-state index in [-0.39, 0.29) is 24.5 Å². The highest BCUT2D eigenvalue weighted by Gasteiger charge is 2.43. The van der Waals surface area contributed by atoms with Gasteiger partial charge < -0.3 is 19.6 Å². The van der Waals surface area contributed by atoms with Crippen molar-refractivity contribution in [3.63, 3.8) is 0 Å². The Morgan fingerprint density at radius 2 is 2.12 bits per heavy atom. The molecule has 0 saturated carbocycles. The van der Waals surface area contributed by atoms with Crippen molar-refractivity contribution in [3.8, 4) is 0 Å². The van der Waals surface area contributed by atoms with Crippen molar-refractivity contribution < 1.29 is 19.5 Å². The molecule has 1 saturated heterocycles. The molecule has 0 radical (unpaired) electrons. The van der Waals surface area contributed by atoms with Crippen molar-refractivity contribution >= 4 is 5.91 Å². The highest BCUT2D eigenvalue weighted by atomic mass is 16.5. The smallest absolute Gasteiger partial charge is 0.280 e. The van der Waals surface area contributed by atoms with Crippen molar-refractivity contribution in [2.75, 3.05) is 19.7 Å². The lowest BCUT2D eigenvalue weighted by molar-refractivity contribution is -0.141. The minimum atomic E-state index is -0.768. The van der Waals surface area contributed by atoms with Crippen LogP contribution in [0, 0.1) is 5.41 Å². The Bertz CT molecular complexity index is 784. The van der Waals surface area contributed by atoms with Gasteiger partial charge in [-0.05, 0) is 18.4 Å². The zero-order valence-electron chi connectivity index (χ0n) is 14.6. The standard InChI is InChI=1S/C19H24N2O5/c22-13-19(11-14-4-2-1-3-5-14)12-21(9-8-16(19)23)18(25)7-6-15-10-17(24)20-26-15/h1-5,10,16,22-23H,6-9,11-13H2,(H,20,24)/t16-,19+/m1/s1. The first-order chi connectivity index (χ1) is 12.5. The largest absolute Gasteiger partial charge is 0.396 e. The first-order valence-corrected chi connectivity index (χ1v) is 8.80. The fourth-order valence-electron chi connectivity index (χ4n) is 3.58. The molecule has 0 aliphatic carbocycles. The summed E-state index contributed by atoms with van der Waals surface area (Å²) in [6, 6.07) is 11.0. The van der Waals surface area contributed by atoms with Gasteiger partial charge in [0.2, 0.25) is 5.91 Å². The monoisotopic (exact) mass is 360 g/mol. The summed E-state index contributed by atoms with van der Waals surface area (Å²) in [7, 11) is 0. The van der Waals surface area contributed by atoms with Gasteiger partial charge in [-0.1, -0.05) is 30.3 Å². The molecule has 1 aliphatic rings. The van der Waals surface area contributed by atoms with Crippen LogP contribution in [-0.4, -0.2) is 52.0 Å². The van der Waals surface area contributed by atoms with E-state index in [2.05, 4.69) is 5.16 Å². The van der Waals surface area contributed by atoms with Crippen LogP contribution >= 0.6 is 0 Å². The molecule has 140 valence electrons. The van der Waals surface area contributed by atoms with E-state index >= 15 is 0 Å². The van der Waals surface area contributed by atoms with Gasteiger partial charge in [0, 0.05) is 37.4 Å². The molecular weight excluding hydrogens is 336 g/mol. The van der Waals surface area contributed by atoms with Gasteiger partial charge in [-0.25, -0.2) is 0 Å². The summed E-state index contributed by atoms with van der Waals surface area (Å²) in [6.07, 6.45) is 0.811. The maximum Gasteiger partial charge on any atom is 0.280 e. The van der Waals surface area contributed by atoms with Crippen LogP contribution in [-0.2, 0) is 17.6 Å². The summed E-state index contributed by atoms with van der Waals surface area (Å²) in [5.74, 6) is 0.365. The predicted molar refractivity (Wildman–Crippen MR) is 94.5 cm³/mol. The quantitative estimate of drug-likeness (QED) is 0.704. The number of benzene rings is 1. The number of amides is 1. The Morgan fingerprint density at radius 1 is 1.35 bits per heavy atom. The number of aliphatic hydroxyl groups is 2. The Kier molecular flexibility index (Phi) is 5.58. The van der Waals surface area contributed by atoms with E-state index in [1.807, 2.05) is 30.3 Å². The zero-order chi connectivity index (χ0) is 18.6. The number of nitrogens with zero attached hydrogens (tertiary/aromatic N) is 1. The highest BCUT2D eigenvalue weighted by molar-refractivity contribution is 5.76. The third-order valence-electron chi connectivity index (χ3n) is 5.11. The second-order valence-corrected chi connectivity index (χ2v) is 6.98. The van der Waals surface area contributed by atoms with Crippen molar-refractivity contribution in [1.82, 2.24) is 10.1 Å². The van der Waals surface area contributed by atoms with Gasteiger partial charge in [-0.15, -0.1) is 0 Å². The number of aryl methyl sites for hydroxylation is 1. The van der Waals surface area contributed by atoms with E-state index in [4.69, 9.17) is 4.52 Å². The van der Waals surface area contributed by atoms with Gasteiger partial charge >= 0.3 is 0 Å². The average Bonchev–Trinajstić information content (AvgIpc) is 3.07. The highest BCUT2D eigenvalue weighted by Crippen LogP contribution is 2.34. The van der Waals surface area contributed by atoms with Crippen LogP contribution in [0.2, 0.25) is 0 Å². The Hall–Kier alpha value is -2.38. The van der Waals surface area contributed by atoms with Gasteiger partial charge in [0.15, 0.2) is 0 Å². The van der Waals surface area contributed by atoms with E-state index in [1.165, 1.54) is 6.07 Å². The number of hydrogen-bond acceptors (Lipinski definition) is 5. The fourth-order valence-corrected chi connectivity index (χ4v) is 3.58. The van der Waals surface area contributed by atoms with Crippen LogP contribution in [0.4, 0.5) is 0 Å². The van der Waals surface area contributed by atoms with E-state index in [1.54, 1.807) is 4.90 Å². The predicted octanol–water partition coefficient (Wildman–Crippen LogP) is 0.715. The van der Waals surface area contributed by atoms with Crippen LogP contribution < -0.4 is 5.56 Å². The normalized spacial score (nSPS) is 23.2. The minimum Gasteiger partial charge on any atom is -0.396 e. The minimum absolute atomic E-state index is 0.0772. The Balaban J connectivity index is 1.67. The number of carbonyl (C=O) groups excluding carboxylic acids is 1. The number of aromatic nitrogens is 1. The van der Waals surface area contributed by atoms with Gasteiger partial charge in [-0.3, -0.25) is 9.59 Å². The lowest BCUT2D eigenvalue weighted by Gasteiger charge is -2.45. The third-order valence-corrected chi connectivity index (χ3v) is 5.11. The summed E-state index contributed by atoms with van der Waals surface area (Å²) in [6.45, 7) is 0.558. The number of rotatable bonds is 6. The summed E-state index contributed by atoms with van der Waals surface area (Å²) < 4.78 is 4.97. The number of H-pyrrole nitrogens is 1. The molecule has 1 aliphatic heterocycles. The van der Waals surface area contributed by atoms with Crippen LogP contribution in [0.25, 0.3) is 0 Å². The Labute approximate surface area is 151 Å². The molecule has 7 heteroatoms. The summed E-state index contributed by atoms with van der Waals surface area (Å²) in [5.41, 5.74) is -0.0738. The molecule has 26 heavy (non-hydrogen) atoms.